The number of benzene rings is 1. The Labute approximate surface area is 166 Å². The van der Waals surface area contributed by atoms with E-state index in [1.165, 1.54) is 11.1 Å². The van der Waals surface area contributed by atoms with Crippen molar-refractivity contribution in [3.05, 3.63) is 41.5 Å². The van der Waals surface area contributed by atoms with Gasteiger partial charge in [-0.05, 0) is 49.9 Å². The minimum atomic E-state index is -5.08. The monoisotopic (exact) mass is 408 g/mol. The van der Waals surface area contributed by atoms with Crippen molar-refractivity contribution in [2.75, 3.05) is 31.1 Å². The number of fused-ring (bicyclic) bond motifs is 1. The third kappa shape index (κ3) is 5.23. The van der Waals surface area contributed by atoms with Crippen LogP contribution in [0.3, 0.4) is 0 Å². The van der Waals surface area contributed by atoms with Gasteiger partial charge in [-0.2, -0.15) is 13.2 Å². The van der Waals surface area contributed by atoms with Crippen LogP contribution in [-0.2, 0) is 4.79 Å². The maximum absolute atomic E-state index is 10.6. The van der Waals surface area contributed by atoms with Crippen molar-refractivity contribution in [1.29, 1.82) is 0 Å². The van der Waals surface area contributed by atoms with E-state index in [1.807, 2.05) is 0 Å². The zero-order valence-corrected chi connectivity index (χ0v) is 16.2. The number of aliphatic carboxylic acids is 1. The predicted molar refractivity (Wildman–Crippen MR) is 103 cm³/mol. The molecule has 9 heteroatoms. The molecular formula is C20H23F3N4O2. The molecule has 1 aromatic heterocycles. The first-order valence-electron chi connectivity index (χ1n) is 9.31. The number of carbonyl (C=O) groups is 1. The number of alkyl halides is 3. The summed E-state index contributed by atoms with van der Waals surface area (Å²) in [6, 6.07) is 10.7. The van der Waals surface area contributed by atoms with Crippen molar-refractivity contribution >= 4 is 11.8 Å². The third-order valence-electron chi connectivity index (χ3n) is 5.12. The highest BCUT2D eigenvalue weighted by atomic mass is 19.4. The minimum Gasteiger partial charge on any atom is -0.475 e. The second kappa shape index (κ2) is 8.36. The number of carboxylic acid groups (broad SMARTS) is 1. The van der Waals surface area contributed by atoms with Crippen LogP contribution in [0.1, 0.15) is 11.1 Å². The molecule has 6 nitrogen and oxygen atoms in total. The summed E-state index contributed by atoms with van der Waals surface area (Å²) in [6.45, 7) is 8.75. The number of hydrogen-bond acceptors (Lipinski definition) is 5. The number of nitrogens with zero attached hydrogens (tertiary/aromatic N) is 3. The van der Waals surface area contributed by atoms with E-state index >= 15 is 0 Å². The Morgan fingerprint density at radius 1 is 1.07 bits per heavy atom. The van der Waals surface area contributed by atoms with Crippen LogP contribution in [0.4, 0.5) is 19.0 Å². The average Bonchev–Trinajstić information content (AvgIpc) is 3.23. The Bertz CT molecular complexity index is 839. The van der Waals surface area contributed by atoms with Gasteiger partial charge in [0.1, 0.15) is 0 Å². The molecule has 0 amide bonds. The fourth-order valence-corrected chi connectivity index (χ4v) is 3.81. The van der Waals surface area contributed by atoms with Gasteiger partial charge in [0.05, 0.1) is 5.69 Å². The lowest BCUT2D eigenvalue weighted by molar-refractivity contribution is -0.192. The summed E-state index contributed by atoms with van der Waals surface area (Å²) in [5.74, 6) is -0.183. The predicted octanol–water partition coefficient (Wildman–Crippen LogP) is 3.05. The molecule has 0 saturated carbocycles. The maximum atomic E-state index is 10.6. The number of nitrogens with one attached hydrogen (secondary N) is 1. The fourth-order valence-electron chi connectivity index (χ4n) is 3.81. The van der Waals surface area contributed by atoms with E-state index in [1.54, 1.807) is 0 Å². The molecule has 2 unspecified atom stereocenters. The van der Waals surface area contributed by atoms with Gasteiger partial charge in [-0.25, -0.2) is 4.79 Å². The number of rotatable bonds is 2. The standard InChI is InChI=1S/C18H22N4.C2HF3O2/c1-12-5-13(2)7-14(6-12)17-3-4-18(21-20-17)22-10-15-8-19-9-16(15)11-22;3-2(4,5)1(6)7/h3-7,15-16,19H,8-11H2,1-2H3;(H,6,7). The van der Waals surface area contributed by atoms with Gasteiger partial charge >= 0.3 is 12.1 Å². The molecule has 2 aliphatic heterocycles. The summed E-state index contributed by atoms with van der Waals surface area (Å²) < 4.78 is 31.7. The second-order valence-electron chi connectivity index (χ2n) is 7.54. The van der Waals surface area contributed by atoms with Crippen molar-refractivity contribution < 1.29 is 23.1 Å². The quantitative estimate of drug-likeness (QED) is 0.795. The summed E-state index contributed by atoms with van der Waals surface area (Å²) in [4.78, 5) is 11.3. The van der Waals surface area contributed by atoms with Gasteiger partial charge in [-0.3, -0.25) is 0 Å². The Hall–Kier alpha value is -2.68. The SMILES string of the molecule is Cc1cc(C)cc(-c2ccc(N3CC4CNCC4C3)nn2)c1.O=C(O)C(F)(F)F. The molecule has 4 rings (SSSR count). The Morgan fingerprint density at radius 3 is 2.07 bits per heavy atom. The van der Waals surface area contributed by atoms with Gasteiger partial charge in [-0.1, -0.05) is 17.2 Å². The fraction of sp³-hybridized carbons (Fsp3) is 0.450. The lowest BCUT2D eigenvalue weighted by Crippen LogP contribution is -2.26. The minimum absolute atomic E-state index is 0.779. The largest absolute Gasteiger partial charge is 0.490 e. The van der Waals surface area contributed by atoms with Gasteiger partial charge < -0.3 is 15.3 Å². The lowest BCUT2D eigenvalue weighted by Gasteiger charge is -2.18. The van der Waals surface area contributed by atoms with Gasteiger partial charge in [0.25, 0.3) is 0 Å². The Kier molecular flexibility index (Phi) is 6.07. The van der Waals surface area contributed by atoms with Crippen LogP contribution in [0.15, 0.2) is 30.3 Å². The summed E-state index contributed by atoms with van der Waals surface area (Å²) in [7, 11) is 0. The van der Waals surface area contributed by atoms with E-state index < -0.39 is 12.1 Å². The summed E-state index contributed by atoms with van der Waals surface area (Å²) >= 11 is 0. The summed E-state index contributed by atoms with van der Waals surface area (Å²) in [5.41, 5.74) is 4.64. The van der Waals surface area contributed by atoms with E-state index in [0.717, 1.165) is 55.1 Å². The van der Waals surface area contributed by atoms with Crippen molar-refractivity contribution in [1.82, 2.24) is 15.5 Å². The van der Waals surface area contributed by atoms with Crippen molar-refractivity contribution in [2.24, 2.45) is 11.8 Å². The molecule has 0 radical (unpaired) electrons. The topological polar surface area (TPSA) is 78.3 Å². The number of aromatic nitrogens is 2. The molecular weight excluding hydrogens is 385 g/mol. The first kappa shape index (κ1) is 21.0. The molecule has 2 N–H and O–H groups in total. The third-order valence-corrected chi connectivity index (χ3v) is 5.12. The molecule has 3 heterocycles. The molecule has 2 aromatic rings. The van der Waals surface area contributed by atoms with E-state index in [0.29, 0.717) is 0 Å². The van der Waals surface area contributed by atoms with Gasteiger partial charge in [0.2, 0.25) is 0 Å². The summed E-state index contributed by atoms with van der Waals surface area (Å²) in [6.07, 6.45) is -5.08. The molecule has 2 fully saturated rings. The highest BCUT2D eigenvalue weighted by Crippen LogP contribution is 2.30. The number of anilines is 1. The van der Waals surface area contributed by atoms with Gasteiger partial charge in [0.15, 0.2) is 5.82 Å². The molecule has 2 atom stereocenters. The van der Waals surface area contributed by atoms with Crippen LogP contribution in [0.2, 0.25) is 0 Å². The van der Waals surface area contributed by atoms with Crippen LogP contribution >= 0.6 is 0 Å². The zero-order chi connectivity index (χ0) is 21.2. The molecule has 1 aromatic carbocycles. The molecule has 2 aliphatic rings. The summed E-state index contributed by atoms with van der Waals surface area (Å²) in [5, 5.41) is 19.5. The number of aryl methyl sites for hydroxylation is 2. The molecule has 0 bridgehead atoms. The van der Waals surface area contributed by atoms with Crippen molar-refractivity contribution in [3.8, 4) is 11.3 Å². The molecule has 156 valence electrons. The Morgan fingerprint density at radius 2 is 1.62 bits per heavy atom. The zero-order valence-electron chi connectivity index (χ0n) is 16.2. The van der Waals surface area contributed by atoms with E-state index in [9.17, 15) is 13.2 Å². The Balaban J connectivity index is 0.000000298. The smallest absolute Gasteiger partial charge is 0.475 e. The van der Waals surface area contributed by atoms with Crippen LogP contribution < -0.4 is 10.2 Å². The molecule has 2 saturated heterocycles. The maximum Gasteiger partial charge on any atom is 0.490 e. The highest BCUT2D eigenvalue weighted by molar-refractivity contribution is 5.73. The van der Waals surface area contributed by atoms with Crippen LogP contribution in [-0.4, -0.2) is 53.6 Å². The van der Waals surface area contributed by atoms with Crippen LogP contribution in [0, 0.1) is 25.7 Å². The second-order valence-corrected chi connectivity index (χ2v) is 7.54. The normalized spacial score (nSPS) is 20.8. The van der Waals surface area contributed by atoms with E-state index in [4.69, 9.17) is 9.90 Å². The van der Waals surface area contributed by atoms with E-state index in [2.05, 4.69) is 64.6 Å². The van der Waals surface area contributed by atoms with Crippen LogP contribution in [0.5, 0.6) is 0 Å². The number of hydrogen-bond donors (Lipinski definition) is 2. The highest BCUT2D eigenvalue weighted by Gasteiger charge is 2.38. The van der Waals surface area contributed by atoms with E-state index in [-0.39, 0.29) is 0 Å². The van der Waals surface area contributed by atoms with Crippen molar-refractivity contribution in [3.63, 3.8) is 0 Å². The number of halogens is 3. The first-order valence-corrected chi connectivity index (χ1v) is 9.31. The molecule has 0 spiro atoms. The first-order chi connectivity index (χ1) is 13.6. The average molecular weight is 408 g/mol. The van der Waals surface area contributed by atoms with Crippen LogP contribution in [0.25, 0.3) is 11.3 Å². The van der Waals surface area contributed by atoms with Gasteiger partial charge in [0, 0.05) is 31.7 Å². The number of carboxylic acids is 1. The van der Waals surface area contributed by atoms with Gasteiger partial charge in [-0.15, -0.1) is 10.2 Å². The van der Waals surface area contributed by atoms with Crippen molar-refractivity contribution in [2.45, 2.75) is 20.0 Å². The molecule has 0 aliphatic carbocycles. The lowest BCUT2D eigenvalue weighted by atomic mass is 10.0. The molecule has 29 heavy (non-hydrogen) atoms.